The molecule has 0 saturated heterocycles. The summed E-state index contributed by atoms with van der Waals surface area (Å²) in [6.07, 6.45) is 12.0. The van der Waals surface area contributed by atoms with E-state index < -0.39 is 0 Å². The molecule has 3 rings (SSSR count). The van der Waals surface area contributed by atoms with E-state index in [2.05, 4.69) is 18.4 Å². The third-order valence-electron chi connectivity index (χ3n) is 5.23. The maximum Gasteiger partial charge on any atom is 0.127 e. The van der Waals surface area contributed by atoms with Crippen LogP contribution in [0.5, 0.6) is 0 Å². The minimum Gasteiger partial charge on any atom is -0.384 e. The van der Waals surface area contributed by atoms with Gasteiger partial charge in [0.2, 0.25) is 0 Å². The zero-order valence-electron chi connectivity index (χ0n) is 13.1. The van der Waals surface area contributed by atoms with Crippen LogP contribution in [0.25, 0.3) is 0 Å². The molecule has 0 radical (unpaired) electrons. The van der Waals surface area contributed by atoms with Crippen molar-refractivity contribution in [2.45, 2.75) is 89.5 Å². The Hall–Kier alpha value is -0.990. The summed E-state index contributed by atoms with van der Waals surface area (Å²) in [5.74, 6) is 3.52. The first-order valence-corrected chi connectivity index (χ1v) is 8.56. The molecule has 112 valence electrons. The van der Waals surface area contributed by atoms with E-state index in [9.17, 15) is 0 Å². The lowest BCUT2D eigenvalue weighted by Gasteiger charge is -2.24. The normalized spacial score (nSPS) is 21.9. The molecule has 0 unspecified atom stereocenters. The topological polar surface area (TPSA) is 43.8 Å². The quantitative estimate of drug-likeness (QED) is 0.865. The van der Waals surface area contributed by atoms with Crippen molar-refractivity contribution in [2.75, 3.05) is 5.73 Å². The first-order valence-electron chi connectivity index (χ1n) is 8.56. The van der Waals surface area contributed by atoms with Crippen LogP contribution in [-0.2, 0) is 0 Å². The molecule has 0 spiro atoms. The number of imidazole rings is 1. The summed E-state index contributed by atoms with van der Waals surface area (Å²) in [6, 6.07) is 0.426. The summed E-state index contributed by atoms with van der Waals surface area (Å²) in [5.41, 5.74) is 7.71. The van der Waals surface area contributed by atoms with Crippen molar-refractivity contribution in [3.63, 3.8) is 0 Å². The molecule has 0 amide bonds. The van der Waals surface area contributed by atoms with Gasteiger partial charge in [0.15, 0.2) is 0 Å². The summed E-state index contributed by atoms with van der Waals surface area (Å²) in [5, 5.41) is 0. The average molecular weight is 275 g/mol. The highest BCUT2D eigenvalue weighted by atomic mass is 15.2. The van der Waals surface area contributed by atoms with Gasteiger partial charge < -0.3 is 10.3 Å². The number of anilines is 1. The molecule has 3 nitrogen and oxygen atoms in total. The van der Waals surface area contributed by atoms with Gasteiger partial charge in [0.05, 0.1) is 5.69 Å². The van der Waals surface area contributed by atoms with Crippen LogP contribution in [0.1, 0.15) is 101 Å². The van der Waals surface area contributed by atoms with Gasteiger partial charge in [-0.15, -0.1) is 0 Å². The highest BCUT2D eigenvalue weighted by Gasteiger charge is 2.29. The molecule has 1 heterocycles. The number of hydrogen-bond donors (Lipinski definition) is 1. The van der Waals surface area contributed by atoms with Crippen molar-refractivity contribution in [3.8, 4) is 0 Å². The largest absolute Gasteiger partial charge is 0.384 e. The first kappa shape index (κ1) is 14.0. The maximum absolute atomic E-state index is 6.49. The SMILES string of the molecule is CC(C)n1c(C2CCCCC2)nc(C2CCCC2)c1N. The highest BCUT2D eigenvalue weighted by Crippen LogP contribution is 2.41. The van der Waals surface area contributed by atoms with Crippen molar-refractivity contribution >= 4 is 5.82 Å². The van der Waals surface area contributed by atoms with E-state index >= 15 is 0 Å². The Morgan fingerprint density at radius 3 is 2.10 bits per heavy atom. The molecular formula is C17H29N3. The van der Waals surface area contributed by atoms with Gasteiger partial charge in [0.1, 0.15) is 11.6 Å². The van der Waals surface area contributed by atoms with Gasteiger partial charge >= 0.3 is 0 Å². The third kappa shape index (κ3) is 2.47. The molecule has 0 aliphatic heterocycles. The minimum atomic E-state index is 0.426. The summed E-state index contributed by atoms with van der Waals surface area (Å²) in [7, 11) is 0. The second-order valence-corrected chi connectivity index (χ2v) is 7.02. The molecule has 0 aromatic carbocycles. The summed E-state index contributed by atoms with van der Waals surface area (Å²) >= 11 is 0. The van der Waals surface area contributed by atoms with Gasteiger partial charge in [-0.05, 0) is 39.5 Å². The van der Waals surface area contributed by atoms with Crippen molar-refractivity contribution in [2.24, 2.45) is 0 Å². The number of nitrogen functional groups attached to an aromatic ring is 1. The van der Waals surface area contributed by atoms with Gasteiger partial charge in [-0.3, -0.25) is 0 Å². The standard InChI is InChI=1S/C17H29N3/c1-12(2)20-16(18)15(13-8-6-7-9-13)19-17(20)14-10-4-3-5-11-14/h12-14H,3-11,18H2,1-2H3. The van der Waals surface area contributed by atoms with Crippen LogP contribution in [0.2, 0.25) is 0 Å². The molecular weight excluding hydrogens is 246 g/mol. The number of nitrogens with zero attached hydrogens (tertiary/aromatic N) is 2. The lowest BCUT2D eigenvalue weighted by molar-refractivity contribution is 0.407. The van der Waals surface area contributed by atoms with Crippen molar-refractivity contribution in [1.29, 1.82) is 0 Å². The monoisotopic (exact) mass is 275 g/mol. The van der Waals surface area contributed by atoms with Gasteiger partial charge in [-0.2, -0.15) is 0 Å². The molecule has 0 bridgehead atoms. The number of nitrogens with two attached hydrogens (primary N) is 1. The van der Waals surface area contributed by atoms with Gasteiger partial charge in [-0.25, -0.2) is 4.98 Å². The molecule has 2 saturated carbocycles. The van der Waals surface area contributed by atoms with Crippen LogP contribution >= 0.6 is 0 Å². The zero-order valence-corrected chi connectivity index (χ0v) is 13.1. The molecule has 1 aromatic heterocycles. The van der Waals surface area contributed by atoms with E-state index in [1.54, 1.807) is 0 Å². The number of aromatic nitrogens is 2. The fraction of sp³-hybridized carbons (Fsp3) is 0.824. The smallest absolute Gasteiger partial charge is 0.127 e. The predicted octanol–water partition coefficient (Wildman–Crippen LogP) is 4.75. The molecule has 20 heavy (non-hydrogen) atoms. The fourth-order valence-corrected chi connectivity index (χ4v) is 4.17. The Balaban J connectivity index is 1.96. The molecule has 2 N–H and O–H groups in total. The van der Waals surface area contributed by atoms with E-state index in [1.807, 2.05) is 0 Å². The van der Waals surface area contributed by atoms with Crippen LogP contribution < -0.4 is 5.73 Å². The third-order valence-corrected chi connectivity index (χ3v) is 5.23. The van der Waals surface area contributed by atoms with E-state index in [1.165, 1.54) is 69.3 Å². The van der Waals surface area contributed by atoms with E-state index in [0.29, 0.717) is 17.9 Å². The van der Waals surface area contributed by atoms with Crippen molar-refractivity contribution < 1.29 is 0 Å². The molecule has 2 fully saturated rings. The Kier molecular flexibility index (Phi) is 4.04. The van der Waals surface area contributed by atoms with Crippen LogP contribution in [0, 0.1) is 0 Å². The number of hydrogen-bond acceptors (Lipinski definition) is 2. The van der Waals surface area contributed by atoms with E-state index in [0.717, 1.165) is 5.82 Å². The summed E-state index contributed by atoms with van der Waals surface area (Å²) in [6.45, 7) is 4.48. The molecule has 2 aliphatic carbocycles. The van der Waals surface area contributed by atoms with Gasteiger partial charge in [0, 0.05) is 17.9 Å². The van der Waals surface area contributed by atoms with Gasteiger partial charge in [-0.1, -0.05) is 32.1 Å². The molecule has 2 aliphatic rings. The minimum absolute atomic E-state index is 0.426. The lowest BCUT2D eigenvalue weighted by Crippen LogP contribution is -2.15. The molecule has 1 aromatic rings. The van der Waals surface area contributed by atoms with Crippen LogP contribution in [-0.4, -0.2) is 9.55 Å². The van der Waals surface area contributed by atoms with Crippen molar-refractivity contribution in [1.82, 2.24) is 9.55 Å². The van der Waals surface area contributed by atoms with Crippen LogP contribution in [0.4, 0.5) is 5.82 Å². The Bertz CT molecular complexity index is 449. The first-order chi connectivity index (χ1) is 9.68. The summed E-state index contributed by atoms with van der Waals surface area (Å²) < 4.78 is 2.34. The summed E-state index contributed by atoms with van der Waals surface area (Å²) in [4.78, 5) is 5.07. The second-order valence-electron chi connectivity index (χ2n) is 7.02. The molecule has 3 heteroatoms. The van der Waals surface area contributed by atoms with Crippen molar-refractivity contribution in [3.05, 3.63) is 11.5 Å². The molecule has 0 atom stereocenters. The zero-order chi connectivity index (χ0) is 14.1. The number of rotatable bonds is 3. The van der Waals surface area contributed by atoms with Crippen LogP contribution in [0.15, 0.2) is 0 Å². The predicted molar refractivity (Wildman–Crippen MR) is 84.1 cm³/mol. The van der Waals surface area contributed by atoms with Crippen LogP contribution in [0.3, 0.4) is 0 Å². The van der Waals surface area contributed by atoms with Gasteiger partial charge in [0.25, 0.3) is 0 Å². The van der Waals surface area contributed by atoms with E-state index in [4.69, 9.17) is 10.7 Å². The Morgan fingerprint density at radius 1 is 0.950 bits per heavy atom. The van der Waals surface area contributed by atoms with E-state index in [-0.39, 0.29) is 0 Å². The Morgan fingerprint density at radius 2 is 1.50 bits per heavy atom. The Labute approximate surface area is 123 Å². The maximum atomic E-state index is 6.49. The second kappa shape index (κ2) is 5.79. The average Bonchev–Trinajstić information content (AvgIpc) is 3.06. The highest BCUT2D eigenvalue weighted by molar-refractivity contribution is 5.42. The fourth-order valence-electron chi connectivity index (χ4n) is 4.17. The lowest BCUT2D eigenvalue weighted by atomic mass is 9.88.